The molecule has 184 valence electrons. The van der Waals surface area contributed by atoms with Crippen molar-refractivity contribution >= 4 is 11.6 Å². The Hall–Kier alpha value is -3.45. The number of H-pyrrole nitrogens is 1. The fraction of sp³-hybridized carbons (Fsp3) is 0.241. The molecule has 1 saturated heterocycles. The highest BCUT2D eigenvalue weighted by Gasteiger charge is 2.41. The van der Waals surface area contributed by atoms with Crippen LogP contribution in [0, 0.1) is 6.92 Å². The van der Waals surface area contributed by atoms with Crippen molar-refractivity contribution in [2.45, 2.75) is 36.7 Å². The first kappa shape index (κ1) is 24.3. The van der Waals surface area contributed by atoms with E-state index in [1.165, 1.54) is 10.8 Å². The Balaban J connectivity index is 1.50. The Labute approximate surface area is 214 Å². The molecule has 1 N–H and O–H groups in total. The summed E-state index contributed by atoms with van der Waals surface area (Å²) in [4.78, 5) is 26.5. The third-order valence-electron chi connectivity index (χ3n) is 6.62. The van der Waals surface area contributed by atoms with Gasteiger partial charge in [0, 0.05) is 18.2 Å². The van der Waals surface area contributed by atoms with Gasteiger partial charge in [0.2, 0.25) is 0 Å². The van der Waals surface area contributed by atoms with E-state index in [-0.39, 0.29) is 12.0 Å². The Morgan fingerprint density at radius 2 is 1.42 bits per heavy atom. The van der Waals surface area contributed by atoms with E-state index in [0.717, 1.165) is 16.7 Å². The molecule has 5 rings (SSSR count). The van der Waals surface area contributed by atoms with Crippen LogP contribution >= 0.6 is 11.6 Å². The van der Waals surface area contributed by atoms with Gasteiger partial charge in [-0.1, -0.05) is 91.0 Å². The lowest BCUT2D eigenvalue weighted by Crippen LogP contribution is -2.37. The van der Waals surface area contributed by atoms with Crippen molar-refractivity contribution in [2.24, 2.45) is 0 Å². The second kappa shape index (κ2) is 10.3. The molecule has 4 aromatic rings. The summed E-state index contributed by atoms with van der Waals surface area (Å²) in [6.07, 6.45) is 0.867. The van der Waals surface area contributed by atoms with Crippen LogP contribution in [0.2, 0.25) is 0 Å². The minimum Gasteiger partial charge on any atom is -0.358 e. The molecule has 0 saturated carbocycles. The van der Waals surface area contributed by atoms with E-state index in [1.807, 2.05) is 54.6 Å². The van der Waals surface area contributed by atoms with Gasteiger partial charge < -0.3 is 9.47 Å². The summed E-state index contributed by atoms with van der Waals surface area (Å²) in [6.45, 7) is 1.84. The monoisotopic (exact) mass is 502 g/mol. The van der Waals surface area contributed by atoms with E-state index in [1.54, 1.807) is 6.92 Å². The van der Waals surface area contributed by atoms with Crippen LogP contribution in [0.4, 0.5) is 0 Å². The van der Waals surface area contributed by atoms with Gasteiger partial charge in [-0.25, -0.2) is 4.79 Å². The molecule has 0 radical (unpaired) electrons. The highest BCUT2D eigenvalue weighted by atomic mass is 35.5. The van der Waals surface area contributed by atoms with Crippen LogP contribution in [0.1, 0.15) is 34.9 Å². The summed E-state index contributed by atoms with van der Waals surface area (Å²) in [5.41, 5.74) is 1.55. The molecule has 3 aromatic carbocycles. The Bertz CT molecular complexity index is 1320. The SMILES string of the molecule is Cc1cn([C@H]2CC(Cl)[C@@H](COC(c3ccccc3)(c3ccccc3)c3ccccc3)O2)c(=O)[nH]c1=O. The first-order chi connectivity index (χ1) is 17.5. The second-order valence-corrected chi connectivity index (χ2v) is 9.51. The molecule has 6 nitrogen and oxygen atoms in total. The molecule has 0 amide bonds. The number of nitrogens with one attached hydrogen (secondary N) is 1. The van der Waals surface area contributed by atoms with Gasteiger partial charge in [0.05, 0.1) is 18.1 Å². The van der Waals surface area contributed by atoms with Crippen LogP contribution in [0.25, 0.3) is 0 Å². The van der Waals surface area contributed by atoms with Crippen molar-refractivity contribution in [1.82, 2.24) is 9.55 Å². The van der Waals surface area contributed by atoms with Crippen molar-refractivity contribution in [3.05, 3.63) is 140 Å². The van der Waals surface area contributed by atoms with Crippen molar-refractivity contribution in [3.63, 3.8) is 0 Å². The smallest absolute Gasteiger partial charge is 0.330 e. The predicted molar refractivity (Wildman–Crippen MR) is 139 cm³/mol. The summed E-state index contributed by atoms with van der Waals surface area (Å²) >= 11 is 6.72. The van der Waals surface area contributed by atoms with Gasteiger partial charge >= 0.3 is 5.69 Å². The molecule has 3 atom stereocenters. The third kappa shape index (κ3) is 4.55. The molecule has 1 fully saturated rings. The fourth-order valence-corrected chi connectivity index (χ4v) is 5.07. The van der Waals surface area contributed by atoms with Gasteiger partial charge in [0.1, 0.15) is 11.8 Å². The van der Waals surface area contributed by atoms with Gasteiger partial charge in [-0.15, -0.1) is 11.6 Å². The van der Waals surface area contributed by atoms with Crippen LogP contribution in [0.5, 0.6) is 0 Å². The zero-order valence-corrected chi connectivity index (χ0v) is 20.6. The minimum atomic E-state index is -0.896. The fourth-order valence-electron chi connectivity index (χ4n) is 4.79. The molecular weight excluding hydrogens is 476 g/mol. The molecule has 7 heteroatoms. The molecule has 0 bridgehead atoms. The molecular formula is C29H27ClN2O4. The number of alkyl halides is 1. The number of nitrogens with zero attached hydrogens (tertiary/aromatic N) is 1. The lowest BCUT2D eigenvalue weighted by Gasteiger charge is -2.37. The summed E-state index contributed by atoms with van der Waals surface area (Å²) in [6, 6.07) is 30.2. The van der Waals surface area contributed by atoms with Gasteiger partial charge in [-0.2, -0.15) is 0 Å². The maximum absolute atomic E-state index is 12.4. The Kier molecular flexibility index (Phi) is 6.92. The van der Waals surface area contributed by atoms with E-state index in [2.05, 4.69) is 41.4 Å². The number of benzene rings is 3. The first-order valence-electron chi connectivity index (χ1n) is 11.9. The number of aromatic nitrogens is 2. The molecule has 0 aliphatic carbocycles. The topological polar surface area (TPSA) is 73.3 Å². The first-order valence-corrected chi connectivity index (χ1v) is 12.3. The van der Waals surface area contributed by atoms with Gasteiger partial charge in [0.25, 0.3) is 5.56 Å². The highest BCUT2D eigenvalue weighted by molar-refractivity contribution is 6.21. The Morgan fingerprint density at radius 1 is 0.917 bits per heavy atom. The minimum absolute atomic E-state index is 0.195. The molecule has 1 aliphatic rings. The lowest BCUT2D eigenvalue weighted by molar-refractivity contribution is -0.0768. The van der Waals surface area contributed by atoms with Gasteiger partial charge in [-0.05, 0) is 23.6 Å². The number of halogens is 1. The maximum atomic E-state index is 12.4. The molecule has 1 aromatic heterocycles. The normalized spacial score (nSPS) is 19.9. The quantitative estimate of drug-likeness (QED) is 0.292. The lowest BCUT2D eigenvalue weighted by atomic mass is 9.80. The number of rotatable bonds is 7. The molecule has 36 heavy (non-hydrogen) atoms. The maximum Gasteiger partial charge on any atom is 0.330 e. The van der Waals surface area contributed by atoms with Crippen LogP contribution < -0.4 is 11.2 Å². The Morgan fingerprint density at radius 3 is 1.92 bits per heavy atom. The van der Waals surface area contributed by atoms with Gasteiger partial charge in [0.15, 0.2) is 0 Å². The van der Waals surface area contributed by atoms with Crippen molar-refractivity contribution in [2.75, 3.05) is 6.61 Å². The molecule has 2 heterocycles. The number of aryl methyl sites for hydroxylation is 1. The average Bonchev–Trinajstić information content (AvgIpc) is 3.28. The van der Waals surface area contributed by atoms with Crippen LogP contribution in [-0.2, 0) is 15.1 Å². The average molecular weight is 503 g/mol. The standard InChI is InChI=1S/C29H27ClN2O4/c1-20-18-32(28(34)31-27(20)33)26-17-24(30)25(36-26)19-35-29(21-11-5-2-6-12-21,22-13-7-3-8-14-22)23-15-9-4-10-16-23/h2-16,18,24-26H,17,19H2,1H3,(H,31,33,34)/t24?,25-,26-/m1/s1. The third-order valence-corrected chi connectivity index (χ3v) is 7.08. The zero-order chi connectivity index (χ0) is 25.1. The van der Waals surface area contributed by atoms with Gasteiger partial charge in [-0.3, -0.25) is 14.3 Å². The molecule has 1 aliphatic heterocycles. The van der Waals surface area contributed by atoms with Crippen molar-refractivity contribution in [3.8, 4) is 0 Å². The van der Waals surface area contributed by atoms with E-state index in [4.69, 9.17) is 21.1 Å². The summed E-state index contributed by atoms with van der Waals surface area (Å²) in [5, 5.41) is -0.380. The van der Waals surface area contributed by atoms with E-state index >= 15 is 0 Å². The summed E-state index contributed by atoms with van der Waals surface area (Å²) in [5.74, 6) is 0. The highest BCUT2D eigenvalue weighted by Crippen LogP contribution is 2.42. The van der Waals surface area contributed by atoms with Crippen molar-refractivity contribution < 1.29 is 9.47 Å². The summed E-state index contributed by atoms with van der Waals surface area (Å²) < 4.78 is 14.5. The van der Waals surface area contributed by atoms with Crippen LogP contribution in [0.15, 0.2) is 107 Å². The van der Waals surface area contributed by atoms with Crippen molar-refractivity contribution in [1.29, 1.82) is 0 Å². The number of hydrogen-bond donors (Lipinski definition) is 1. The predicted octanol–water partition coefficient (Wildman–Crippen LogP) is 4.75. The second-order valence-electron chi connectivity index (χ2n) is 8.95. The largest absolute Gasteiger partial charge is 0.358 e. The molecule has 1 unspecified atom stereocenters. The van der Waals surface area contributed by atoms with E-state index in [9.17, 15) is 9.59 Å². The number of ether oxygens (including phenoxy) is 2. The number of hydrogen-bond acceptors (Lipinski definition) is 4. The number of aromatic amines is 1. The van der Waals surface area contributed by atoms with E-state index in [0.29, 0.717) is 12.0 Å². The summed E-state index contributed by atoms with van der Waals surface area (Å²) in [7, 11) is 0. The van der Waals surface area contributed by atoms with Crippen LogP contribution in [0.3, 0.4) is 0 Å². The van der Waals surface area contributed by atoms with Crippen LogP contribution in [-0.4, -0.2) is 27.6 Å². The zero-order valence-electron chi connectivity index (χ0n) is 19.8. The van der Waals surface area contributed by atoms with E-state index < -0.39 is 29.2 Å². The molecule has 0 spiro atoms.